The molecule has 0 aromatic carbocycles. The third-order valence-electron chi connectivity index (χ3n) is 0.883. The molecule has 0 radical (unpaired) electrons. The van der Waals surface area contributed by atoms with E-state index in [0.717, 1.165) is 0 Å². The molecule has 0 fully saturated rings. The van der Waals surface area contributed by atoms with Crippen LogP contribution in [0.25, 0.3) is 0 Å². The van der Waals surface area contributed by atoms with Crippen molar-refractivity contribution in [3.63, 3.8) is 0 Å². The molecule has 7 nitrogen and oxygen atoms in total. The van der Waals surface area contributed by atoms with E-state index in [1.807, 2.05) is 0 Å². The minimum Gasteiger partial charge on any atom is -0.430 e. The lowest BCUT2D eigenvalue weighted by Gasteiger charge is -2.03. The predicted molar refractivity (Wildman–Crippen MR) is 44.9 cm³/mol. The minimum atomic E-state index is -1.10. The van der Waals surface area contributed by atoms with Crippen LogP contribution in [0.1, 0.15) is 13.8 Å². The van der Waals surface area contributed by atoms with Gasteiger partial charge in [0.1, 0.15) is 6.07 Å². The van der Waals surface area contributed by atoms with E-state index in [9.17, 15) is 9.59 Å². The van der Waals surface area contributed by atoms with Crippen LogP contribution in [0.5, 0.6) is 0 Å². The second-order valence-electron chi connectivity index (χ2n) is 2.42. The van der Waals surface area contributed by atoms with Crippen molar-refractivity contribution in [2.24, 2.45) is 10.9 Å². The molecular weight excluding hydrogens is 190 g/mol. The fourth-order valence-corrected chi connectivity index (χ4v) is 0.417. The Labute approximate surface area is 80.1 Å². The molecule has 0 spiro atoms. The molecule has 0 saturated carbocycles. The molecule has 2 N–H and O–H groups in total. The highest BCUT2D eigenvalue weighted by Gasteiger charge is 2.10. The smallest absolute Gasteiger partial charge is 0.430 e. The topological polar surface area (TPSA) is 115 Å². The van der Waals surface area contributed by atoms with E-state index in [4.69, 9.17) is 11.0 Å². The fourth-order valence-electron chi connectivity index (χ4n) is 0.417. The van der Waals surface area contributed by atoms with Crippen LogP contribution in [0, 0.1) is 11.3 Å². The maximum atomic E-state index is 10.7. The Bertz CT molecular complexity index is 303. The Balaban J connectivity index is 4.21. The van der Waals surface area contributed by atoms with Gasteiger partial charge in [0.05, 0.1) is 6.10 Å². The van der Waals surface area contributed by atoms with Crippen molar-refractivity contribution in [3.05, 3.63) is 0 Å². The summed E-state index contributed by atoms with van der Waals surface area (Å²) in [6.45, 7) is 3.20. The molecule has 76 valence electrons. The number of ether oxygens (including phenoxy) is 1. The van der Waals surface area contributed by atoms with Crippen LogP contribution in [0.2, 0.25) is 0 Å². The second-order valence-corrected chi connectivity index (χ2v) is 2.42. The molecule has 0 aromatic heterocycles. The number of oxime groups is 1. The van der Waals surface area contributed by atoms with Crippen molar-refractivity contribution in [2.45, 2.75) is 20.0 Å². The molecule has 7 heteroatoms. The van der Waals surface area contributed by atoms with E-state index >= 15 is 0 Å². The normalized spacial score (nSPS) is 10.6. The van der Waals surface area contributed by atoms with Gasteiger partial charge in [0.15, 0.2) is 0 Å². The first kappa shape index (κ1) is 11.9. The molecule has 0 unspecified atom stereocenters. The van der Waals surface area contributed by atoms with Gasteiger partial charge in [-0.1, -0.05) is 5.16 Å². The average molecular weight is 199 g/mol. The van der Waals surface area contributed by atoms with Gasteiger partial charge in [-0.05, 0) is 13.8 Å². The van der Waals surface area contributed by atoms with Crippen LogP contribution in [-0.2, 0) is 14.4 Å². The van der Waals surface area contributed by atoms with Crippen LogP contribution in [-0.4, -0.2) is 23.9 Å². The summed E-state index contributed by atoms with van der Waals surface area (Å²) < 4.78 is 4.50. The lowest BCUT2D eigenvalue weighted by atomic mass is 10.4. The van der Waals surface area contributed by atoms with Crippen molar-refractivity contribution in [2.75, 3.05) is 0 Å². The number of carbonyl (C=O) groups excluding carboxylic acids is 2. The number of nitrogens with two attached hydrogens (primary N) is 1. The van der Waals surface area contributed by atoms with Gasteiger partial charge in [0, 0.05) is 0 Å². The lowest BCUT2D eigenvalue weighted by molar-refractivity contribution is -0.112. The minimum absolute atomic E-state index is 0.378. The number of nitrogens with zero attached hydrogens (tertiary/aromatic N) is 2. The van der Waals surface area contributed by atoms with Gasteiger partial charge in [0.25, 0.3) is 5.91 Å². The van der Waals surface area contributed by atoms with Gasteiger partial charge in [-0.25, -0.2) is 4.79 Å². The Hall–Kier alpha value is -2.10. The van der Waals surface area contributed by atoms with E-state index in [0.29, 0.717) is 0 Å². The summed E-state index contributed by atoms with van der Waals surface area (Å²) in [7, 11) is 0. The summed E-state index contributed by atoms with van der Waals surface area (Å²) in [5.74, 6) is -1.08. The summed E-state index contributed by atoms with van der Waals surface area (Å²) in [5.41, 5.74) is 4.01. The fraction of sp³-hybridized carbons (Fsp3) is 0.429. The molecule has 0 bridgehead atoms. The third-order valence-corrected chi connectivity index (χ3v) is 0.883. The highest BCUT2D eigenvalue weighted by atomic mass is 16.8. The van der Waals surface area contributed by atoms with Crippen LogP contribution in [0.3, 0.4) is 0 Å². The lowest BCUT2D eigenvalue weighted by Crippen LogP contribution is -2.22. The average Bonchev–Trinajstić information content (AvgIpc) is 2.03. The van der Waals surface area contributed by atoms with Gasteiger partial charge in [0.2, 0.25) is 5.71 Å². The summed E-state index contributed by atoms with van der Waals surface area (Å²) >= 11 is 0. The number of hydrogen-bond acceptors (Lipinski definition) is 6. The maximum absolute atomic E-state index is 10.7. The number of hydrogen-bond donors (Lipinski definition) is 1. The monoisotopic (exact) mass is 199 g/mol. The zero-order valence-electron chi connectivity index (χ0n) is 7.68. The molecular formula is C7H9N3O4. The van der Waals surface area contributed by atoms with Crippen LogP contribution in [0.4, 0.5) is 4.79 Å². The SMILES string of the molecule is CC(C)OC(=O)ON=C(C#N)C(N)=O. The van der Waals surface area contributed by atoms with Crippen molar-refractivity contribution >= 4 is 17.8 Å². The number of primary amides is 1. The van der Waals surface area contributed by atoms with E-state index < -0.39 is 17.8 Å². The first-order chi connectivity index (χ1) is 6.47. The van der Waals surface area contributed by atoms with E-state index in [1.165, 1.54) is 6.07 Å². The first-order valence-corrected chi connectivity index (χ1v) is 3.63. The molecule has 0 heterocycles. The summed E-state index contributed by atoms with van der Waals surface area (Å²) in [4.78, 5) is 25.2. The van der Waals surface area contributed by atoms with E-state index in [1.54, 1.807) is 13.8 Å². The van der Waals surface area contributed by atoms with Crippen molar-refractivity contribution < 1.29 is 19.2 Å². The molecule has 0 aliphatic rings. The van der Waals surface area contributed by atoms with Crippen LogP contribution >= 0.6 is 0 Å². The number of amides is 1. The predicted octanol–water partition coefficient (Wildman–Crippen LogP) is -0.0871. The van der Waals surface area contributed by atoms with Gasteiger partial charge in [-0.3, -0.25) is 9.63 Å². The Morgan fingerprint density at radius 3 is 2.43 bits per heavy atom. The first-order valence-electron chi connectivity index (χ1n) is 3.63. The summed E-state index contributed by atoms with van der Waals surface area (Å²) in [6, 6.07) is 1.35. The number of carbonyl (C=O) groups is 2. The maximum Gasteiger partial charge on any atom is 0.535 e. The van der Waals surface area contributed by atoms with E-state index in [2.05, 4.69) is 14.7 Å². The molecule has 14 heavy (non-hydrogen) atoms. The summed E-state index contributed by atoms with van der Waals surface area (Å²) in [5, 5.41) is 11.2. The highest BCUT2D eigenvalue weighted by molar-refractivity contribution is 6.44. The Morgan fingerprint density at radius 2 is 2.07 bits per heavy atom. The number of nitriles is 1. The second kappa shape index (κ2) is 5.53. The molecule has 0 aliphatic heterocycles. The van der Waals surface area contributed by atoms with Crippen molar-refractivity contribution in [1.82, 2.24) is 0 Å². The van der Waals surface area contributed by atoms with Gasteiger partial charge in [-0.2, -0.15) is 5.26 Å². The zero-order valence-corrected chi connectivity index (χ0v) is 7.68. The number of rotatable bonds is 3. The zero-order chi connectivity index (χ0) is 11.1. The summed E-state index contributed by atoms with van der Waals surface area (Å²) in [6.07, 6.45) is -1.48. The van der Waals surface area contributed by atoms with Gasteiger partial charge in [-0.15, -0.1) is 0 Å². The molecule has 1 amide bonds. The van der Waals surface area contributed by atoms with Gasteiger partial charge >= 0.3 is 6.16 Å². The van der Waals surface area contributed by atoms with Crippen molar-refractivity contribution in [3.8, 4) is 6.07 Å². The molecule has 0 saturated heterocycles. The van der Waals surface area contributed by atoms with Gasteiger partial charge < -0.3 is 10.5 Å². The van der Waals surface area contributed by atoms with Crippen molar-refractivity contribution in [1.29, 1.82) is 5.26 Å². The highest BCUT2D eigenvalue weighted by Crippen LogP contribution is 1.93. The Kier molecular flexibility index (Phi) is 4.70. The Morgan fingerprint density at radius 1 is 1.50 bits per heavy atom. The molecule has 0 aromatic rings. The quantitative estimate of drug-likeness (QED) is 0.295. The van der Waals surface area contributed by atoms with Crippen LogP contribution < -0.4 is 5.73 Å². The van der Waals surface area contributed by atoms with E-state index in [-0.39, 0.29) is 6.10 Å². The molecule has 0 rings (SSSR count). The molecule has 0 aliphatic carbocycles. The largest absolute Gasteiger partial charge is 0.535 e. The molecule has 0 atom stereocenters. The van der Waals surface area contributed by atoms with Crippen LogP contribution in [0.15, 0.2) is 5.16 Å². The third kappa shape index (κ3) is 4.71. The standard InChI is InChI=1S/C7H9N3O4/c1-4(2)13-7(12)14-10-5(3-8)6(9)11/h4H,1-2H3,(H2,9,11).